The monoisotopic (exact) mass is 271 g/mol. The van der Waals surface area contributed by atoms with Crippen LogP contribution in [0, 0.1) is 0 Å². The first kappa shape index (κ1) is 13.1. The SMILES string of the molecule is CCCNc1cc(-n2ccc(C3CC3)n2)nc(CC)n1. The molecule has 3 rings (SSSR count). The number of hydrogen-bond acceptors (Lipinski definition) is 4. The maximum absolute atomic E-state index is 4.64. The molecule has 5 nitrogen and oxygen atoms in total. The Hall–Kier alpha value is -1.91. The molecular weight excluding hydrogens is 250 g/mol. The van der Waals surface area contributed by atoms with Crippen molar-refractivity contribution < 1.29 is 0 Å². The zero-order valence-electron chi connectivity index (χ0n) is 12.1. The lowest BCUT2D eigenvalue weighted by Crippen LogP contribution is -2.08. The number of anilines is 1. The van der Waals surface area contributed by atoms with Crippen molar-refractivity contribution in [2.75, 3.05) is 11.9 Å². The summed E-state index contributed by atoms with van der Waals surface area (Å²) in [7, 11) is 0. The highest BCUT2D eigenvalue weighted by Crippen LogP contribution is 2.38. The second-order valence-electron chi connectivity index (χ2n) is 5.27. The average Bonchev–Trinajstić information content (AvgIpc) is 3.22. The summed E-state index contributed by atoms with van der Waals surface area (Å²) in [5.74, 6) is 3.26. The van der Waals surface area contributed by atoms with Gasteiger partial charge in [-0.15, -0.1) is 0 Å². The molecule has 5 heteroatoms. The lowest BCUT2D eigenvalue weighted by atomic mass is 10.3. The third-order valence-electron chi connectivity index (χ3n) is 3.47. The van der Waals surface area contributed by atoms with Crippen LogP contribution in [0.2, 0.25) is 0 Å². The zero-order valence-corrected chi connectivity index (χ0v) is 12.1. The van der Waals surface area contributed by atoms with Crippen molar-refractivity contribution in [1.29, 1.82) is 0 Å². The zero-order chi connectivity index (χ0) is 13.9. The van der Waals surface area contributed by atoms with E-state index >= 15 is 0 Å². The largest absolute Gasteiger partial charge is 0.370 e. The summed E-state index contributed by atoms with van der Waals surface area (Å²) in [5.41, 5.74) is 1.18. The van der Waals surface area contributed by atoms with Crippen molar-refractivity contribution in [3.8, 4) is 5.82 Å². The van der Waals surface area contributed by atoms with Crippen LogP contribution in [0.1, 0.15) is 50.5 Å². The summed E-state index contributed by atoms with van der Waals surface area (Å²) in [6, 6.07) is 4.07. The van der Waals surface area contributed by atoms with Gasteiger partial charge in [-0.25, -0.2) is 14.6 Å². The molecule has 2 heterocycles. The van der Waals surface area contributed by atoms with Crippen molar-refractivity contribution in [1.82, 2.24) is 19.7 Å². The number of aromatic nitrogens is 4. The Kier molecular flexibility index (Phi) is 3.67. The van der Waals surface area contributed by atoms with Gasteiger partial charge in [-0.05, 0) is 25.3 Å². The van der Waals surface area contributed by atoms with Crippen LogP contribution in [0.4, 0.5) is 5.82 Å². The Balaban J connectivity index is 1.89. The van der Waals surface area contributed by atoms with Gasteiger partial charge in [0.2, 0.25) is 0 Å². The minimum Gasteiger partial charge on any atom is -0.370 e. The van der Waals surface area contributed by atoms with Crippen LogP contribution in [0.25, 0.3) is 5.82 Å². The summed E-state index contributed by atoms with van der Waals surface area (Å²) in [6.45, 7) is 5.14. The standard InChI is InChI=1S/C15H21N5/c1-3-8-16-14-10-15(18-13(4-2)17-14)20-9-7-12(19-20)11-5-6-11/h7,9-11H,3-6,8H2,1-2H3,(H,16,17,18). The second-order valence-corrected chi connectivity index (χ2v) is 5.27. The second kappa shape index (κ2) is 5.61. The van der Waals surface area contributed by atoms with Gasteiger partial charge in [0.05, 0.1) is 5.69 Å². The van der Waals surface area contributed by atoms with Crippen LogP contribution in [0.3, 0.4) is 0 Å². The smallest absolute Gasteiger partial charge is 0.159 e. The molecule has 1 N–H and O–H groups in total. The Bertz CT molecular complexity index is 586. The van der Waals surface area contributed by atoms with E-state index in [0.29, 0.717) is 5.92 Å². The maximum Gasteiger partial charge on any atom is 0.159 e. The Morgan fingerprint density at radius 1 is 1.30 bits per heavy atom. The highest BCUT2D eigenvalue weighted by molar-refractivity contribution is 5.41. The van der Waals surface area contributed by atoms with E-state index in [2.05, 4.69) is 40.3 Å². The quantitative estimate of drug-likeness (QED) is 0.877. The third-order valence-corrected chi connectivity index (χ3v) is 3.47. The molecule has 0 amide bonds. The molecule has 0 spiro atoms. The summed E-state index contributed by atoms with van der Waals surface area (Å²) in [5, 5.41) is 7.97. The number of rotatable bonds is 6. The van der Waals surface area contributed by atoms with Gasteiger partial charge in [-0.3, -0.25) is 0 Å². The Morgan fingerprint density at radius 3 is 2.85 bits per heavy atom. The minimum atomic E-state index is 0.668. The predicted molar refractivity (Wildman–Crippen MR) is 79.3 cm³/mol. The molecular formula is C15H21N5. The van der Waals surface area contributed by atoms with E-state index in [4.69, 9.17) is 0 Å². The first-order chi connectivity index (χ1) is 9.80. The Labute approximate surface area is 119 Å². The summed E-state index contributed by atoms with van der Waals surface area (Å²) >= 11 is 0. The highest BCUT2D eigenvalue weighted by Gasteiger charge is 2.26. The van der Waals surface area contributed by atoms with Crippen LogP contribution in [0.15, 0.2) is 18.3 Å². The van der Waals surface area contributed by atoms with Crippen molar-refractivity contribution in [3.63, 3.8) is 0 Å². The molecule has 0 bridgehead atoms. The van der Waals surface area contributed by atoms with Crippen molar-refractivity contribution in [2.45, 2.75) is 45.4 Å². The first-order valence-corrected chi connectivity index (χ1v) is 7.48. The van der Waals surface area contributed by atoms with E-state index in [0.717, 1.165) is 36.8 Å². The van der Waals surface area contributed by atoms with Gasteiger partial charge in [0.25, 0.3) is 0 Å². The predicted octanol–water partition coefficient (Wildman–Crippen LogP) is 2.92. The van der Waals surface area contributed by atoms with Crippen molar-refractivity contribution in [2.24, 2.45) is 0 Å². The molecule has 0 aromatic carbocycles. The van der Waals surface area contributed by atoms with E-state index in [1.807, 2.05) is 16.9 Å². The van der Waals surface area contributed by atoms with Crippen LogP contribution in [0.5, 0.6) is 0 Å². The van der Waals surface area contributed by atoms with Gasteiger partial charge >= 0.3 is 0 Å². The lowest BCUT2D eigenvalue weighted by Gasteiger charge is -2.08. The fraction of sp³-hybridized carbons (Fsp3) is 0.533. The molecule has 1 aliphatic carbocycles. The summed E-state index contributed by atoms with van der Waals surface area (Å²) in [6.07, 6.45) is 6.44. The molecule has 1 aliphatic rings. The van der Waals surface area contributed by atoms with Crippen LogP contribution in [-0.4, -0.2) is 26.3 Å². The van der Waals surface area contributed by atoms with Crippen LogP contribution >= 0.6 is 0 Å². The fourth-order valence-electron chi connectivity index (χ4n) is 2.16. The van der Waals surface area contributed by atoms with Gasteiger partial charge in [-0.1, -0.05) is 13.8 Å². The summed E-state index contributed by atoms with van der Waals surface area (Å²) in [4.78, 5) is 9.08. The van der Waals surface area contributed by atoms with Gasteiger partial charge in [0.15, 0.2) is 5.82 Å². The molecule has 0 unspecified atom stereocenters. The van der Waals surface area contributed by atoms with E-state index in [9.17, 15) is 0 Å². The fourth-order valence-corrected chi connectivity index (χ4v) is 2.16. The van der Waals surface area contributed by atoms with Gasteiger partial charge in [-0.2, -0.15) is 5.10 Å². The third kappa shape index (κ3) is 2.81. The van der Waals surface area contributed by atoms with Gasteiger partial charge < -0.3 is 5.32 Å². The molecule has 1 fully saturated rings. The molecule has 2 aromatic rings. The van der Waals surface area contributed by atoms with Crippen LogP contribution < -0.4 is 5.32 Å². The molecule has 0 aliphatic heterocycles. The first-order valence-electron chi connectivity index (χ1n) is 7.48. The van der Waals surface area contributed by atoms with Crippen LogP contribution in [-0.2, 0) is 6.42 Å². The number of nitrogens with one attached hydrogen (secondary N) is 1. The van der Waals surface area contributed by atoms with E-state index in [1.165, 1.54) is 18.5 Å². The normalized spacial score (nSPS) is 14.5. The van der Waals surface area contributed by atoms with E-state index < -0.39 is 0 Å². The minimum absolute atomic E-state index is 0.668. The molecule has 20 heavy (non-hydrogen) atoms. The number of nitrogens with zero attached hydrogens (tertiary/aromatic N) is 4. The molecule has 0 radical (unpaired) electrons. The average molecular weight is 271 g/mol. The lowest BCUT2D eigenvalue weighted by molar-refractivity contribution is 0.789. The van der Waals surface area contributed by atoms with E-state index in [-0.39, 0.29) is 0 Å². The van der Waals surface area contributed by atoms with Gasteiger partial charge in [0, 0.05) is 31.1 Å². The van der Waals surface area contributed by atoms with E-state index in [1.54, 1.807) is 0 Å². The molecule has 106 valence electrons. The molecule has 0 saturated heterocycles. The number of aryl methyl sites for hydroxylation is 1. The Morgan fingerprint density at radius 2 is 2.15 bits per heavy atom. The maximum atomic E-state index is 4.64. The topological polar surface area (TPSA) is 55.6 Å². The summed E-state index contributed by atoms with van der Waals surface area (Å²) < 4.78 is 1.87. The molecule has 2 aromatic heterocycles. The molecule has 1 saturated carbocycles. The van der Waals surface area contributed by atoms with Crippen molar-refractivity contribution in [3.05, 3.63) is 29.8 Å². The van der Waals surface area contributed by atoms with Crippen molar-refractivity contribution >= 4 is 5.82 Å². The highest BCUT2D eigenvalue weighted by atomic mass is 15.3. The number of hydrogen-bond donors (Lipinski definition) is 1. The van der Waals surface area contributed by atoms with Gasteiger partial charge in [0.1, 0.15) is 11.6 Å². The molecule has 0 atom stereocenters.